The Morgan fingerprint density at radius 3 is 2.67 bits per heavy atom. The molecule has 0 aromatic carbocycles. The van der Waals surface area contributed by atoms with E-state index in [-0.39, 0.29) is 0 Å². The molecule has 1 heteroatoms. The lowest BCUT2D eigenvalue weighted by atomic mass is 10.1. The zero-order valence-electron chi connectivity index (χ0n) is 6.39. The van der Waals surface area contributed by atoms with Gasteiger partial charge in [-0.15, -0.1) is 0 Å². The molecule has 0 N–H and O–H groups in total. The Bertz CT molecular complexity index is 78.6. The summed E-state index contributed by atoms with van der Waals surface area (Å²) in [7, 11) is 0. The van der Waals surface area contributed by atoms with Crippen molar-refractivity contribution < 1.29 is 4.74 Å². The topological polar surface area (TPSA) is 9.23 Å². The van der Waals surface area contributed by atoms with Gasteiger partial charge >= 0.3 is 0 Å². The van der Waals surface area contributed by atoms with E-state index in [0.717, 1.165) is 12.5 Å². The highest BCUT2D eigenvalue weighted by molar-refractivity contribution is 4.72. The summed E-state index contributed by atoms with van der Waals surface area (Å²) in [6.45, 7) is 5.26. The molecule has 0 aliphatic heterocycles. The number of hydrogen-bond donors (Lipinski definition) is 0. The third-order valence-electron chi connectivity index (χ3n) is 2.05. The molecule has 1 fully saturated rings. The van der Waals surface area contributed by atoms with Crippen LogP contribution in [0.3, 0.4) is 0 Å². The van der Waals surface area contributed by atoms with Crippen molar-refractivity contribution in [2.45, 2.75) is 39.2 Å². The van der Waals surface area contributed by atoms with Crippen LogP contribution in [0.15, 0.2) is 0 Å². The molecular formula is C8H16O. The Morgan fingerprint density at radius 1 is 1.44 bits per heavy atom. The van der Waals surface area contributed by atoms with Gasteiger partial charge in [0.05, 0.1) is 6.10 Å². The molecule has 1 rings (SSSR count). The summed E-state index contributed by atoms with van der Waals surface area (Å²) in [4.78, 5) is 0. The fourth-order valence-corrected chi connectivity index (χ4v) is 1.54. The van der Waals surface area contributed by atoms with E-state index in [4.69, 9.17) is 4.74 Å². The molecule has 2 unspecified atom stereocenters. The van der Waals surface area contributed by atoms with Crippen molar-refractivity contribution in [1.82, 2.24) is 0 Å². The molecule has 0 heterocycles. The lowest BCUT2D eigenvalue weighted by Crippen LogP contribution is -2.07. The Morgan fingerprint density at radius 2 is 2.22 bits per heavy atom. The fourth-order valence-electron chi connectivity index (χ4n) is 1.54. The van der Waals surface area contributed by atoms with Crippen molar-refractivity contribution in [3.8, 4) is 0 Å². The van der Waals surface area contributed by atoms with Crippen molar-refractivity contribution in [3.63, 3.8) is 0 Å². The molecule has 1 nitrogen and oxygen atoms in total. The van der Waals surface area contributed by atoms with Crippen LogP contribution >= 0.6 is 0 Å². The van der Waals surface area contributed by atoms with Gasteiger partial charge in [-0.1, -0.05) is 6.92 Å². The second-order valence-electron chi connectivity index (χ2n) is 3.00. The maximum Gasteiger partial charge on any atom is 0.0577 e. The molecule has 0 spiro atoms. The van der Waals surface area contributed by atoms with Crippen LogP contribution < -0.4 is 0 Å². The average Bonchev–Trinajstić information content (AvgIpc) is 2.17. The largest absolute Gasteiger partial charge is 0.378 e. The lowest BCUT2D eigenvalue weighted by molar-refractivity contribution is 0.0660. The Balaban J connectivity index is 2.14. The van der Waals surface area contributed by atoms with Gasteiger partial charge in [-0.3, -0.25) is 0 Å². The SMILES string of the molecule is CCOC1CCC(C)C1. The van der Waals surface area contributed by atoms with E-state index in [2.05, 4.69) is 13.8 Å². The maximum atomic E-state index is 5.47. The van der Waals surface area contributed by atoms with Crippen molar-refractivity contribution in [2.75, 3.05) is 6.61 Å². The van der Waals surface area contributed by atoms with E-state index >= 15 is 0 Å². The fraction of sp³-hybridized carbons (Fsp3) is 1.00. The van der Waals surface area contributed by atoms with E-state index < -0.39 is 0 Å². The van der Waals surface area contributed by atoms with Gasteiger partial charge in [0.15, 0.2) is 0 Å². The highest BCUT2D eigenvalue weighted by atomic mass is 16.5. The average molecular weight is 128 g/mol. The number of ether oxygens (including phenoxy) is 1. The van der Waals surface area contributed by atoms with E-state index in [1.165, 1.54) is 19.3 Å². The summed E-state index contributed by atoms with van der Waals surface area (Å²) in [5.74, 6) is 0.904. The van der Waals surface area contributed by atoms with Crippen molar-refractivity contribution >= 4 is 0 Å². The number of rotatable bonds is 2. The zero-order valence-corrected chi connectivity index (χ0v) is 6.39. The highest BCUT2D eigenvalue weighted by Crippen LogP contribution is 2.26. The minimum atomic E-state index is 0.588. The first kappa shape index (κ1) is 7.07. The van der Waals surface area contributed by atoms with Gasteiger partial charge in [0.2, 0.25) is 0 Å². The Hall–Kier alpha value is -0.0400. The molecule has 0 aromatic rings. The first-order valence-electron chi connectivity index (χ1n) is 3.94. The molecule has 9 heavy (non-hydrogen) atoms. The van der Waals surface area contributed by atoms with Crippen LogP contribution in [0.5, 0.6) is 0 Å². The Kier molecular flexibility index (Phi) is 2.52. The van der Waals surface area contributed by atoms with Gasteiger partial charge in [0, 0.05) is 6.61 Å². The molecule has 0 radical (unpaired) electrons. The predicted molar refractivity (Wildman–Crippen MR) is 38.4 cm³/mol. The van der Waals surface area contributed by atoms with Crippen LogP contribution in [-0.4, -0.2) is 12.7 Å². The molecule has 0 amide bonds. The minimum absolute atomic E-state index is 0.588. The smallest absolute Gasteiger partial charge is 0.0577 e. The summed E-state index contributed by atoms with van der Waals surface area (Å²) in [6, 6.07) is 0. The van der Waals surface area contributed by atoms with Crippen LogP contribution in [0.25, 0.3) is 0 Å². The molecule has 1 aliphatic rings. The van der Waals surface area contributed by atoms with Gasteiger partial charge in [-0.25, -0.2) is 0 Å². The molecule has 0 saturated heterocycles. The highest BCUT2D eigenvalue weighted by Gasteiger charge is 2.20. The van der Waals surface area contributed by atoms with Crippen molar-refractivity contribution in [3.05, 3.63) is 0 Å². The van der Waals surface area contributed by atoms with Gasteiger partial charge in [0.25, 0.3) is 0 Å². The minimum Gasteiger partial charge on any atom is -0.378 e. The predicted octanol–water partition coefficient (Wildman–Crippen LogP) is 2.21. The standard InChI is InChI=1S/C8H16O/c1-3-9-8-5-4-7(2)6-8/h7-8H,3-6H2,1-2H3. The first-order chi connectivity index (χ1) is 4.33. The summed E-state index contributed by atoms with van der Waals surface area (Å²) < 4.78 is 5.47. The maximum absolute atomic E-state index is 5.47. The van der Waals surface area contributed by atoms with Gasteiger partial charge in [-0.05, 0) is 32.1 Å². The molecule has 1 saturated carbocycles. The first-order valence-corrected chi connectivity index (χ1v) is 3.94. The summed E-state index contributed by atoms with van der Waals surface area (Å²) >= 11 is 0. The van der Waals surface area contributed by atoms with Gasteiger partial charge in [0.1, 0.15) is 0 Å². The van der Waals surface area contributed by atoms with Crippen LogP contribution in [0.1, 0.15) is 33.1 Å². The van der Waals surface area contributed by atoms with Crippen LogP contribution in [-0.2, 0) is 4.74 Å². The second-order valence-corrected chi connectivity index (χ2v) is 3.00. The number of hydrogen-bond acceptors (Lipinski definition) is 1. The summed E-state index contributed by atoms with van der Waals surface area (Å²) in [5, 5.41) is 0. The monoisotopic (exact) mass is 128 g/mol. The summed E-state index contributed by atoms with van der Waals surface area (Å²) in [5.41, 5.74) is 0. The zero-order chi connectivity index (χ0) is 6.69. The van der Waals surface area contributed by atoms with E-state index in [1.54, 1.807) is 0 Å². The van der Waals surface area contributed by atoms with Crippen LogP contribution in [0, 0.1) is 5.92 Å². The molecule has 2 atom stereocenters. The molecule has 0 bridgehead atoms. The van der Waals surface area contributed by atoms with E-state index in [1.807, 2.05) is 0 Å². The molecule has 1 aliphatic carbocycles. The third-order valence-corrected chi connectivity index (χ3v) is 2.05. The van der Waals surface area contributed by atoms with E-state index in [0.29, 0.717) is 6.10 Å². The summed E-state index contributed by atoms with van der Waals surface area (Å²) in [6.07, 6.45) is 4.53. The van der Waals surface area contributed by atoms with Gasteiger partial charge in [-0.2, -0.15) is 0 Å². The van der Waals surface area contributed by atoms with Crippen molar-refractivity contribution in [1.29, 1.82) is 0 Å². The van der Waals surface area contributed by atoms with Crippen LogP contribution in [0.4, 0.5) is 0 Å². The molecule has 54 valence electrons. The van der Waals surface area contributed by atoms with Crippen molar-refractivity contribution in [2.24, 2.45) is 5.92 Å². The molecule has 0 aromatic heterocycles. The molecular weight excluding hydrogens is 112 g/mol. The van der Waals surface area contributed by atoms with Gasteiger partial charge < -0.3 is 4.74 Å². The van der Waals surface area contributed by atoms with E-state index in [9.17, 15) is 0 Å². The second kappa shape index (κ2) is 3.21. The third kappa shape index (κ3) is 1.98. The Labute approximate surface area is 57.4 Å². The van der Waals surface area contributed by atoms with Crippen LogP contribution in [0.2, 0.25) is 0 Å². The lowest BCUT2D eigenvalue weighted by Gasteiger charge is -2.07. The normalized spacial score (nSPS) is 35.3. The quantitative estimate of drug-likeness (QED) is 0.554.